The van der Waals surface area contributed by atoms with E-state index in [4.69, 9.17) is 4.74 Å². The van der Waals surface area contributed by atoms with Crippen LogP contribution >= 0.6 is 0 Å². The molecule has 79 heavy (non-hydrogen) atoms. The highest BCUT2D eigenvalue weighted by Gasteiger charge is 2.18. The van der Waals surface area contributed by atoms with Gasteiger partial charge >= 0.3 is 5.97 Å². The van der Waals surface area contributed by atoms with Crippen molar-refractivity contribution >= 4 is 11.9 Å². The minimum Gasteiger partial charge on any atom is -0.466 e. The number of aliphatic hydroxyl groups is 2. The summed E-state index contributed by atoms with van der Waals surface area (Å²) in [4.78, 5) is 24.6. The first-order valence-electron chi connectivity index (χ1n) is 36.1. The third kappa shape index (κ3) is 65.4. The van der Waals surface area contributed by atoms with E-state index in [0.717, 1.165) is 44.9 Å². The molecule has 2 unspecified atom stereocenters. The van der Waals surface area contributed by atoms with Crippen molar-refractivity contribution in [2.45, 2.75) is 418 Å². The first-order valence-corrected chi connectivity index (χ1v) is 36.1. The van der Waals surface area contributed by atoms with Gasteiger partial charge in [0.2, 0.25) is 5.91 Å². The second-order valence-corrected chi connectivity index (χ2v) is 24.9. The Hall–Kier alpha value is -1.66. The molecular weight excluding hydrogens is 971 g/mol. The zero-order chi connectivity index (χ0) is 57.1. The van der Waals surface area contributed by atoms with Gasteiger partial charge in [-0.2, -0.15) is 0 Å². The third-order valence-corrected chi connectivity index (χ3v) is 17.0. The minimum absolute atomic E-state index is 0.00989. The molecule has 3 N–H and O–H groups in total. The summed E-state index contributed by atoms with van der Waals surface area (Å²) in [7, 11) is 0. The zero-order valence-electron chi connectivity index (χ0n) is 53.6. The molecule has 0 saturated carbocycles. The lowest BCUT2D eigenvalue weighted by Gasteiger charge is -2.20. The number of esters is 1. The van der Waals surface area contributed by atoms with Crippen LogP contribution in [0.3, 0.4) is 0 Å². The first-order chi connectivity index (χ1) is 39.0. The maximum Gasteiger partial charge on any atom is 0.305 e. The van der Waals surface area contributed by atoms with E-state index in [1.165, 1.54) is 334 Å². The maximum absolute atomic E-state index is 12.5. The van der Waals surface area contributed by atoms with Crippen LogP contribution in [0.5, 0.6) is 0 Å². The van der Waals surface area contributed by atoms with Crippen LogP contribution in [0, 0.1) is 0 Å². The van der Waals surface area contributed by atoms with Gasteiger partial charge in [-0.3, -0.25) is 9.59 Å². The second-order valence-electron chi connectivity index (χ2n) is 24.9. The summed E-state index contributed by atoms with van der Waals surface area (Å²) in [6.45, 7) is 4.93. The van der Waals surface area contributed by atoms with E-state index in [2.05, 4.69) is 31.3 Å². The summed E-state index contributed by atoms with van der Waals surface area (Å²) in [5.41, 5.74) is 0. The van der Waals surface area contributed by atoms with Gasteiger partial charge in [-0.05, 0) is 57.8 Å². The van der Waals surface area contributed by atoms with E-state index in [-0.39, 0.29) is 18.5 Å². The van der Waals surface area contributed by atoms with Gasteiger partial charge in [0.25, 0.3) is 0 Å². The topological polar surface area (TPSA) is 95.9 Å². The van der Waals surface area contributed by atoms with Crippen molar-refractivity contribution in [1.29, 1.82) is 0 Å². The number of carbonyl (C=O) groups is 2. The summed E-state index contributed by atoms with van der Waals surface area (Å²) in [5, 5.41) is 23.3. The molecule has 0 aromatic carbocycles. The number of hydrogen-bond acceptors (Lipinski definition) is 5. The summed E-state index contributed by atoms with van der Waals surface area (Å²) < 4.78 is 5.49. The van der Waals surface area contributed by atoms with Crippen LogP contribution in [0.15, 0.2) is 24.3 Å². The molecule has 468 valence electrons. The van der Waals surface area contributed by atoms with Gasteiger partial charge in [-0.1, -0.05) is 359 Å². The van der Waals surface area contributed by atoms with Gasteiger partial charge in [0.15, 0.2) is 0 Å². The molecule has 2 atom stereocenters. The highest BCUT2D eigenvalue weighted by Crippen LogP contribution is 2.19. The van der Waals surface area contributed by atoms with Crippen LogP contribution < -0.4 is 5.32 Å². The highest BCUT2D eigenvalue weighted by atomic mass is 16.5. The van der Waals surface area contributed by atoms with E-state index < -0.39 is 12.1 Å². The van der Waals surface area contributed by atoms with Crippen molar-refractivity contribution in [3.63, 3.8) is 0 Å². The van der Waals surface area contributed by atoms with Crippen LogP contribution in [0.2, 0.25) is 0 Å². The lowest BCUT2D eigenvalue weighted by atomic mass is 10.0. The molecule has 0 radical (unpaired) electrons. The Kier molecular flexibility index (Phi) is 67.4. The Morgan fingerprint density at radius 1 is 0.342 bits per heavy atom. The quantitative estimate of drug-likeness (QED) is 0.0320. The molecule has 6 nitrogen and oxygen atoms in total. The van der Waals surface area contributed by atoms with Gasteiger partial charge in [0.05, 0.1) is 25.4 Å². The van der Waals surface area contributed by atoms with Crippen molar-refractivity contribution in [2.75, 3.05) is 13.2 Å². The molecule has 0 aliphatic carbocycles. The van der Waals surface area contributed by atoms with Crippen LogP contribution in [0.25, 0.3) is 0 Å². The van der Waals surface area contributed by atoms with Gasteiger partial charge in [0, 0.05) is 12.8 Å². The minimum atomic E-state index is -0.843. The van der Waals surface area contributed by atoms with Crippen molar-refractivity contribution in [3.8, 4) is 0 Å². The fourth-order valence-corrected chi connectivity index (χ4v) is 11.5. The number of rotatable bonds is 68. The number of ether oxygens (including phenoxy) is 1. The van der Waals surface area contributed by atoms with Crippen LogP contribution in [-0.2, 0) is 14.3 Å². The van der Waals surface area contributed by atoms with Gasteiger partial charge < -0.3 is 20.3 Å². The molecule has 0 saturated heterocycles. The molecular formula is C73H141NO5. The van der Waals surface area contributed by atoms with Crippen molar-refractivity contribution < 1.29 is 24.5 Å². The second kappa shape index (κ2) is 68.8. The lowest BCUT2D eigenvalue weighted by molar-refractivity contribution is -0.143. The molecule has 1 amide bonds. The molecule has 0 heterocycles. The summed E-state index contributed by atoms with van der Waals surface area (Å²) >= 11 is 0. The number of carbonyl (C=O) groups excluding carboxylic acids is 2. The normalized spacial score (nSPS) is 12.6. The van der Waals surface area contributed by atoms with Gasteiger partial charge in [-0.25, -0.2) is 0 Å². The van der Waals surface area contributed by atoms with E-state index in [1.807, 2.05) is 6.08 Å². The average molecular weight is 1110 g/mol. The number of allylic oxidation sites excluding steroid dienone is 3. The standard InChI is InChI=1S/C73H141NO5/c1-3-5-7-9-11-13-15-17-19-20-21-29-32-35-38-41-45-49-53-57-61-65-71(76)70(69-75)74-72(77)66-62-58-54-50-46-42-39-36-33-30-27-25-23-22-24-26-28-31-34-37-40-44-48-52-56-60-64-68-79-73(78)67-63-59-55-51-47-43-18-16-14-12-10-8-6-4-2/h16,18,61,65,70-71,75-76H,3-15,17,19-60,62-64,66-69H2,1-2H3,(H,74,77)/b18-16-,65-61+. The molecule has 0 spiro atoms. The molecule has 0 fully saturated rings. The Morgan fingerprint density at radius 2 is 0.595 bits per heavy atom. The highest BCUT2D eigenvalue weighted by molar-refractivity contribution is 5.76. The van der Waals surface area contributed by atoms with Gasteiger partial charge in [-0.15, -0.1) is 0 Å². The predicted molar refractivity (Wildman–Crippen MR) is 347 cm³/mol. The Bertz CT molecular complexity index is 1230. The van der Waals surface area contributed by atoms with Crippen molar-refractivity contribution in [3.05, 3.63) is 24.3 Å². The summed E-state index contributed by atoms with van der Waals surface area (Å²) in [6, 6.07) is -0.626. The number of amides is 1. The first kappa shape index (κ1) is 77.3. The van der Waals surface area contributed by atoms with E-state index in [9.17, 15) is 19.8 Å². The Morgan fingerprint density at radius 3 is 0.899 bits per heavy atom. The van der Waals surface area contributed by atoms with Crippen LogP contribution in [0.4, 0.5) is 0 Å². The maximum atomic E-state index is 12.5. The molecule has 0 aromatic heterocycles. The van der Waals surface area contributed by atoms with Crippen LogP contribution in [0.1, 0.15) is 406 Å². The SMILES string of the molecule is CCCCCCC/C=C\CCCCCCCC(=O)OCCCCCCCCCCCCCCCCCCCCCCCCCCCCCC(=O)NC(CO)C(O)/C=C/CCCCCCCCCCCCCCCCCCCCC. The van der Waals surface area contributed by atoms with Crippen molar-refractivity contribution in [1.82, 2.24) is 5.32 Å². The number of aliphatic hydroxyl groups excluding tert-OH is 2. The number of hydrogen-bond donors (Lipinski definition) is 3. The van der Waals surface area contributed by atoms with Crippen molar-refractivity contribution in [2.24, 2.45) is 0 Å². The van der Waals surface area contributed by atoms with E-state index in [0.29, 0.717) is 19.4 Å². The molecule has 0 bridgehead atoms. The average Bonchev–Trinajstić information content (AvgIpc) is 3.45. The summed E-state index contributed by atoms with van der Waals surface area (Å²) in [5.74, 6) is -0.0512. The van der Waals surface area contributed by atoms with E-state index >= 15 is 0 Å². The fourth-order valence-electron chi connectivity index (χ4n) is 11.5. The molecule has 6 heteroatoms. The molecule has 0 aliphatic heterocycles. The van der Waals surface area contributed by atoms with E-state index in [1.54, 1.807) is 6.08 Å². The smallest absolute Gasteiger partial charge is 0.305 e. The number of unbranched alkanes of at least 4 members (excludes halogenated alkanes) is 55. The van der Waals surface area contributed by atoms with Crippen LogP contribution in [-0.4, -0.2) is 47.4 Å². The fraction of sp³-hybridized carbons (Fsp3) is 0.918. The summed E-state index contributed by atoms with van der Waals surface area (Å²) in [6.07, 6.45) is 86.9. The molecule has 0 aromatic rings. The number of nitrogens with one attached hydrogen (secondary N) is 1. The van der Waals surface area contributed by atoms with Gasteiger partial charge in [0.1, 0.15) is 0 Å². The monoisotopic (exact) mass is 1110 g/mol. The largest absolute Gasteiger partial charge is 0.466 e. The Balaban J connectivity index is 3.38. The molecule has 0 aliphatic rings. The predicted octanol–water partition coefficient (Wildman–Crippen LogP) is 23.3. The Labute approximate surface area is 494 Å². The third-order valence-electron chi connectivity index (χ3n) is 17.0. The lowest BCUT2D eigenvalue weighted by Crippen LogP contribution is -2.45. The zero-order valence-corrected chi connectivity index (χ0v) is 53.6. The molecule has 0 rings (SSSR count).